The summed E-state index contributed by atoms with van der Waals surface area (Å²) < 4.78 is 6.44. The van der Waals surface area contributed by atoms with Gasteiger partial charge in [-0.3, -0.25) is 4.79 Å². The molecule has 0 aliphatic rings. The Bertz CT molecular complexity index is 794. The molecule has 0 N–H and O–H groups in total. The van der Waals surface area contributed by atoms with Crippen LogP contribution in [0.2, 0.25) is 0 Å². The first kappa shape index (κ1) is 13.9. The number of benzene rings is 2. The molecule has 0 saturated heterocycles. The number of carbonyl (C=O) groups excluding carboxylic acids is 1. The summed E-state index contributed by atoms with van der Waals surface area (Å²) in [5, 5.41) is 0.849. The molecule has 0 spiro atoms. The predicted octanol–water partition coefficient (Wildman–Crippen LogP) is 4.47. The molecule has 0 unspecified atom stereocenters. The molecule has 3 rings (SSSR count). The van der Waals surface area contributed by atoms with Crippen LogP contribution in [-0.4, -0.2) is 17.9 Å². The van der Waals surface area contributed by atoms with Crippen LogP contribution in [0.15, 0.2) is 63.7 Å². The van der Waals surface area contributed by atoms with Crippen molar-refractivity contribution in [1.82, 2.24) is 4.90 Å². The normalized spacial score (nSPS) is 10.8. The summed E-state index contributed by atoms with van der Waals surface area (Å²) in [7, 11) is 1.80. The van der Waals surface area contributed by atoms with Gasteiger partial charge >= 0.3 is 0 Å². The maximum Gasteiger partial charge on any atom is 0.257 e. The third-order valence-corrected chi connectivity index (χ3v) is 4.20. The van der Waals surface area contributed by atoms with Crippen LogP contribution in [0.3, 0.4) is 0 Å². The lowest BCUT2D eigenvalue weighted by Crippen LogP contribution is -2.26. The first-order valence-corrected chi connectivity index (χ1v) is 7.41. The van der Waals surface area contributed by atoms with Gasteiger partial charge < -0.3 is 9.32 Å². The van der Waals surface area contributed by atoms with Crippen LogP contribution in [-0.2, 0) is 6.54 Å². The third kappa shape index (κ3) is 2.72. The lowest BCUT2D eigenvalue weighted by atomic mass is 10.1. The maximum absolute atomic E-state index is 12.6. The van der Waals surface area contributed by atoms with E-state index < -0.39 is 0 Å². The van der Waals surface area contributed by atoms with E-state index in [1.54, 1.807) is 11.9 Å². The van der Waals surface area contributed by atoms with E-state index in [2.05, 4.69) is 15.9 Å². The van der Waals surface area contributed by atoms with E-state index in [1.165, 1.54) is 6.26 Å². The van der Waals surface area contributed by atoms with Crippen LogP contribution >= 0.6 is 15.9 Å². The molecule has 3 nitrogen and oxygen atoms in total. The van der Waals surface area contributed by atoms with Gasteiger partial charge in [-0.1, -0.05) is 52.3 Å². The summed E-state index contributed by atoms with van der Waals surface area (Å²) in [4.78, 5) is 14.3. The second kappa shape index (κ2) is 5.74. The molecule has 0 saturated carbocycles. The first-order chi connectivity index (χ1) is 10.2. The van der Waals surface area contributed by atoms with Gasteiger partial charge in [0, 0.05) is 23.5 Å². The Morgan fingerprint density at radius 2 is 1.86 bits per heavy atom. The number of carbonyl (C=O) groups is 1. The highest BCUT2D eigenvalue weighted by Crippen LogP contribution is 2.23. The van der Waals surface area contributed by atoms with E-state index >= 15 is 0 Å². The first-order valence-electron chi connectivity index (χ1n) is 6.62. The number of rotatable bonds is 3. The van der Waals surface area contributed by atoms with Gasteiger partial charge in [0.05, 0.1) is 5.56 Å². The van der Waals surface area contributed by atoms with Gasteiger partial charge in [0.2, 0.25) is 0 Å². The maximum atomic E-state index is 12.6. The Hall–Kier alpha value is -2.07. The molecule has 1 aromatic heterocycles. The average Bonchev–Trinajstić information content (AvgIpc) is 2.92. The molecule has 0 aliphatic carbocycles. The fourth-order valence-electron chi connectivity index (χ4n) is 2.30. The van der Waals surface area contributed by atoms with Crippen molar-refractivity contribution in [1.29, 1.82) is 0 Å². The van der Waals surface area contributed by atoms with Crippen molar-refractivity contribution in [2.75, 3.05) is 7.05 Å². The van der Waals surface area contributed by atoms with E-state index in [-0.39, 0.29) is 5.91 Å². The minimum absolute atomic E-state index is 0.0456. The zero-order valence-electron chi connectivity index (χ0n) is 11.5. The van der Waals surface area contributed by atoms with Gasteiger partial charge in [-0.2, -0.15) is 0 Å². The van der Waals surface area contributed by atoms with Crippen molar-refractivity contribution < 1.29 is 9.21 Å². The smallest absolute Gasteiger partial charge is 0.257 e. The molecule has 0 radical (unpaired) electrons. The van der Waals surface area contributed by atoms with E-state index in [9.17, 15) is 4.79 Å². The molecule has 2 aromatic carbocycles. The topological polar surface area (TPSA) is 33.5 Å². The molecular weight excluding hydrogens is 330 g/mol. The molecule has 3 aromatic rings. The van der Waals surface area contributed by atoms with Crippen LogP contribution in [0.1, 0.15) is 15.9 Å². The summed E-state index contributed by atoms with van der Waals surface area (Å²) in [6, 6.07) is 15.5. The van der Waals surface area contributed by atoms with Crippen LogP contribution in [0.25, 0.3) is 11.0 Å². The second-order valence-corrected chi connectivity index (χ2v) is 5.75. The van der Waals surface area contributed by atoms with Gasteiger partial charge in [-0.15, -0.1) is 0 Å². The highest BCUT2D eigenvalue weighted by molar-refractivity contribution is 9.10. The molecule has 4 heteroatoms. The molecule has 1 heterocycles. The van der Waals surface area contributed by atoms with Gasteiger partial charge in [0.15, 0.2) is 0 Å². The highest BCUT2D eigenvalue weighted by Gasteiger charge is 2.18. The van der Waals surface area contributed by atoms with Crippen molar-refractivity contribution in [3.63, 3.8) is 0 Å². The lowest BCUT2D eigenvalue weighted by Gasteiger charge is -2.17. The van der Waals surface area contributed by atoms with Crippen LogP contribution in [0.4, 0.5) is 0 Å². The predicted molar refractivity (Wildman–Crippen MR) is 86.2 cm³/mol. The molecule has 0 bridgehead atoms. The van der Waals surface area contributed by atoms with Gasteiger partial charge in [-0.25, -0.2) is 0 Å². The number of amides is 1. The zero-order chi connectivity index (χ0) is 14.8. The second-order valence-electron chi connectivity index (χ2n) is 4.90. The number of para-hydroxylation sites is 1. The average molecular weight is 344 g/mol. The molecule has 1 amide bonds. The number of fused-ring (bicyclic) bond motifs is 1. The number of furan rings is 1. The summed E-state index contributed by atoms with van der Waals surface area (Å²) in [6.45, 7) is 0.541. The number of hydrogen-bond acceptors (Lipinski definition) is 2. The van der Waals surface area contributed by atoms with Crippen LogP contribution in [0, 0.1) is 0 Å². The Labute approximate surface area is 131 Å². The Morgan fingerprint density at radius 1 is 1.14 bits per heavy atom. The SMILES string of the molecule is CN(Cc1ccccc1Br)C(=O)c1coc2ccccc12. The Balaban J connectivity index is 1.86. The van der Waals surface area contributed by atoms with Crippen molar-refractivity contribution in [2.45, 2.75) is 6.54 Å². The van der Waals surface area contributed by atoms with E-state index in [0.29, 0.717) is 12.1 Å². The Morgan fingerprint density at radius 3 is 2.67 bits per heavy atom. The minimum atomic E-state index is -0.0456. The van der Waals surface area contributed by atoms with Gasteiger partial charge in [-0.05, 0) is 17.7 Å². The monoisotopic (exact) mass is 343 g/mol. The van der Waals surface area contributed by atoms with Crippen LogP contribution in [0.5, 0.6) is 0 Å². The van der Waals surface area contributed by atoms with Crippen molar-refractivity contribution in [3.8, 4) is 0 Å². The van der Waals surface area contributed by atoms with E-state index in [4.69, 9.17) is 4.42 Å². The highest BCUT2D eigenvalue weighted by atomic mass is 79.9. The zero-order valence-corrected chi connectivity index (χ0v) is 13.1. The van der Waals surface area contributed by atoms with Crippen molar-refractivity contribution >= 4 is 32.8 Å². The molecule has 0 aliphatic heterocycles. The van der Waals surface area contributed by atoms with E-state index in [0.717, 1.165) is 21.0 Å². The summed E-state index contributed by atoms with van der Waals surface area (Å²) in [5.41, 5.74) is 2.40. The quantitative estimate of drug-likeness (QED) is 0.703. The van der Waals surface area contributed by atoms with Crippen molar-refractivity contribution in [2.24, 2.45) is 0 Å². The molecule has 21 heavy (non-hydrogen) atoms. The van der Waals surface area contributed by atoms with Crippen LogP contribution < -0.4 is 0 Å². The molecule has 0 fully saturated rings. The molecule has 0 atom stereocenters. The largest absolute Gasteiger partial charge is 0.463 e. The molecule has 106 valence electrons. The summed E-state index contributed by atoms with van der Waals surface area (Å²) in [6.07, 6.45) is 1.53. The third-order valence-electron chi connectivity index (χ3n) is 3.42. The number of halogens is 1. The summed E-state index contributed by atoms with van der Waals surface area (Å²) >= 11 is 3.51. The fraction of sp³-hybridized carbons (Fsp3) is 0.118. The minimum Gasteiger partial charge on any atom is -0.463 e. The van der Waals surface area contributed by atoms with Gasteiger partial charge in [0.1, 0.15) is 11.8 Å². The van der Waals surface area contributed by atoms with Crippen molar-refractivity contribution in [3.05, 3.63) is 70.4 Å². The molecular formula is C17H14BrNO2. The summed E-state index contributed by atoms with van der Waals surface area (Å²) in [5.74, 6) is -0.0456. The Kier molecular flexibility index (Phi) is 3.80. The van der Waals surface area contributed by atoms with Gasteiger partial charge in [0.25, 0.3) is 5.91 Å². The number of hydrogen-bond donors (Lipinski definition) is 0. The fourth-order valence-corrected chi connectivity index (χ4v) is 2.71. The lowest BCUT2D eigenvalue weighted by molar-refractivity contribution is 0.0786. The number of nitrogens with zero attached hydrogens (tertiary/aromatic N) is 1. The van der Waals surface area contributed by atoms with E-state index in [1.807, 2.05) is 48.5 Å². The standard InChI is InChI=1S/C17H14BrNO2/c1-19(10-12-6-2-4-8-15(12)18)17(20)14-11-21-16-9-5-3-7-13(14)16/h2-9,11H,10H2,1H3.